The number of amides is 2. The minimum atomic E-state index is -4.21. The summed E-state index contributed by atoms with van der Waals surface area (Å²) in [4.78, 5) is 30.4. The van der Waals surface area contributed by atoms with Crippen molar-refractivity contribution in [3.05, 3.63) is 130 Å². The Labute approximate surface area is 287 Å². The van der Waals surface area contributed by atoms with E-state index in [4.69, 9.17) is 23.2 Å². The van der Waals surface area contributed by atoms with Crippen molar-refractivity contribution in [2.24, 2.45) is 0 Å². The zero-order valence-corrected chi connectivity index (χ0v) is 28.6. The van der Waals surface area contributed by atoms with Gasteiger partial charge in [0.15, 0.2) is 0 Å². The van der Waals surface area contributed by atoms with E-state index in [1.807, 2.05) is 43.3 Å². The highest BCUT2D eigenvalue weighted by Gasteiger charge is 2.35. The SMILES string of the molecule is Cc1ccc(N(CC(=O)N(Cc2cccc(Cl)c2)[C@H](Cc2ccccc2)C(=O)NC2CCCCC2)S(=O)(=O)c2ccccc2)cc1Cl. The molecular formula is C37H39Cl2N3O4S. The largest absolute Gasteiger partial charge is 0.352 e. The van der Waals surface area contributed by atoms with Crippen LogP contribution in [-0.4, -0.2) is 43.8 Å². The molecule has 1 saturated carbocycles. The number of aryl methyl sites for hydroxylation is 1. The number of nitrogens with one attached hydrogen (secondary N) is 1. The average molecular weight is 693 g/mol. The van der Waals surface area contributed by atoms with E-state index >= 15 is 0 Å². The molecule has 2 amide bonds. The van der Waals surface area contributed by atoms with E-state index in [-0.39, 0.29) is 35.5 Å². The van der Waals surface area contributed by atoms with Crippen LogP contribution in [0.1, 0.15) is 48.8 Å². The van der Waals surface area contributed by atoms with Crippen molar-refractivity contribution in [3.8, 4) is 0 Å². The number of hydrogen-bond acceptors (Lipinski definition) is 4. The Balaban J connectivity index is 1.57. The molecular weight excluding hydrogens is 653 g/mol. The number of sulfonamides is 1. The van der Waals surface area contributed by atoms with Gasteiger partial charge in [-0.25, -0.2) is 8.42 Å². The molecule has 10 heteroatoms. The molecule has 1 atom stereocenters. The summed E-state index contributed by atoms with van der Waals surface area (Å²) in [6, 6.07) is 28.6. The van der Waals surface area contributed by atoms with Crippen molar-refractivity contribution in [2.75, 3.05) is 10.8 Å². The zero-order valence-electron chi connectivity index (χ0n) is 26.3. The molecule has 0 aromatic heterocycles. The molecule has 0 aliphatic heterocycles. The summed E-state index contributed by atoms with van der Waals surface area (Å²) in [5.74, 6) is -0.812. The summed E-state index contributed by atoms with van der Waals surface area (Å²) in [5.41, 5.74) is 2.60. The molecule has 246 valence electrons. The maximum Gasteiger partial charge on any atom is 0.264 e. The first-order chi connectivity index (χ1) is 22.6. The maximum absolute atomic E-state index is 14.6. The number of anilines is 1. The first kappa shape index (κ1) is 34.5. The summed E-state index contributed by atoms with van der Waals surface area (Å²) >= 11 is 12.8. The Hall–Kier alpha value is -3.85. The van der Waals surface area contributed by atoms with Gasteiger partial charge >= 0.3 is 0 Å². The maximum atomic E-state index is 14.6. The van der Waals surface area contributed by atoms with Crippen molar-refractivity contribution >= 4 is 50.7 Å². The summed E-state index contributed by atoms with van der Waals surface area (Å²) in [6.45, 7) is 1.31. The normalized spacial score (nSPS) is 14.3. The second kappa shape index (κ2) is 15.8. The number of hydrogen-bond donors (Lipinski definition) is 1. The molecule has 0 saturated heterocycles. The lowest BCUT2D eigenvalue weighted by Gasteiger charge is -2.35. The van der Waals surface area contributed by atoms with Gasteiger partial charge in [-0.05, 0) is 72.9 Å². The van der Waals surface area contributed by atoms with Crippen molar-refractivity contribution < 1.29 is 18.0 Å². The predicted octanol–water partition coefficient (Wildman–Crippen LogP) is 7.59. The standard InChI is InChI=1S/C37H39Cl2N3O4S/c1-27-20-21-32(24-34(27)39)42(47(45,46)33-18-9-4-10-19-33)26-36(43)41(25-29-14-11-15-30(38)22-29)35(23-28-12-5-2-6-13-28)37(44)40-31-16-7-3-8-17-31/h2,4-6,9-15,18-22,24,31,35H,3,7-8,16-17,23,25-26H2,1H3,(H,40,44)/t35-/m1/s1. The molecule has 0 unspecified atom stereocenters. The van der Waals surface area contributed by atoms with Crippen molar-refractivity contribution in [1.82, 2.24) is 10.2 Å². The van der Waals surface area contributed by atoms with E-state index in [2.05, 4.69) is 5.32 Å². The van der Waals surface area contributed by atoms with E-state index in [9.17, 15) is 18.0 Å². The Kier molecular flexibility index (Phi) is 11.6. The smallest absolute Gasteiger partial charge is 0.264 e. The van der Waals surface area contributed by atoms with E-state index in [1.165, 1.54) is 17.0 Å². The lowest BCUT2D eigenvalue weighted by Crippen LogP contribution is -2.55. The molecule has 47 heavy (non-hydrogen) atoms. The first-order valence-electron chi connectivity index (χ1n) is 15.8. The summed E-state index contributed by atoms with van der Waals surface area (Å²) in [5, 5.41) is 4.08. The van der Waals surface area contributed by atoms with Gasteiger partial charge in [0, 0.05) is 29.1 Å². The number of nitrogens with zero attached hydrogens (tertiary/aromatic N) is 2. The van der Waals surface area contributed by atoms with Gasteiger partial charge in [0.25, 0.3) is 10.0 Å². The van der Waals surface area contributed by atoms with Crippen LogP contribution < -0.4 is 9.62 Å². The summed E-state index contributed by atoms with van der Waals surface area (Å²) in [6.07, 6.45) is 5.20. The van der Waals surface area contributed by atoms with Crippen LogP contribution >= 0.6 is 23.2 Å². The molecule has 0 bridgehead atoms. The monoisotopic (exact) mass is 691 g/mol. The van der Waals surface area contributed by atoms with Crippen LogP contribution in [0.5, 0.6) is 0 Å². The molecule has 5 rings (SSSR count). The number of carbonyl (C=O) groups is 2. The molecule has 4 aromatic rings. The second-order valence-corrected chi connectivity index (χ2v) is 14.7. The molecule has 1 N–H and O–H groups in total. The number of benzene rings is 4. The fraction of sp³-hybridized carbons (Fsp3) is 0.297. The third-order valence-corrected chi connectivity index (χ3v) is 10.9. The van der Waals surface area contributed by atoms with E-state index in [0.717, 1.165) is 47.5 Å². The van der Waals surface area contributed by atoms with Crippen LogP contribution in [0.4, 0.5) is 5.69 Å². The number of carbonyl (C=O) groups excluding carboxylic acids is 2. The van der Waals surface area contributed by atoms with Crippen LogP contribution in [0.2, 0.25) is 10.0 Å². The van der Waals surface area contributed by atoms with Gasteiger partial charge in [-0.15, -0.1) is 0 Å². The molecule has 0 radical (unpaired) electrons. The predicted molar refractivity (Wildman–Crippen MR) is 188 cm³/mol. The van der Waals surface area contributed by atoms with E-state index in [1.54, 1.807) is 54.6 Å². The van der Waals surface area contributed by atoms with Crippen LogP contribution in [0.25, 0.3) is 0 Å². The average Bonchev–Trinajstić information content (AvgIpc) is 3.07. The highest BCUT2D eigenvalue weighted by atomic mass is 35.5. The Morgan fingerprint density at radius 2 is 1.49 bits per heavy atom. The summed E-state index contributed by atoms with van der Waals surface area (Å²) in [7, 11) is -4.21. The molecule has 1 fully saturated rings. The fourth-order valence-corrected chi connectivity index (χ4v) is 7.73. The van der Waals surface area contributed by atoms with Gasteiger partial charge in [0.1, 0.15) is 12.6 Å². The van der Waals surface area contributed by atoms with Gasteiger partial charge in [-0.2, -0.15) is 0 Å². The third-order valence-electron chi connectivity index (χ3n) is 8.52. The fourth-order valence-electron chi connectivity index (χ4n) is 5.92. The lowest BCUT2D eigenvalue weighted by molar-refractivity contribution is -0.140. The van der Waals surface area contributed by atoms with Gasteiger partial charge in [-0.3, -0.25) is 13.9 Å². The number of rotatable bonds is 12. The quantitative estimate of drug-likeness (QED) is 0.166. The summed E-state index contributed by atoms with van der Waals surface area (Å²) < 4.78 is 29.4. The minimum Gasteiger partial charge on any atom is -0.352 e. The topological polar surface area (TPSA) is 86.8 Å². The lowest BCUT2D eigenvalue weighted by atomic mass is 9.94. The second-order valence-electron chi connectivity index (χ2n) is 12.0. The van der Waals surface area contributed by atoms with Gasteiger partial charge in [-0.1, -0.05) is 109 Å². The first-order valence-corrected chi connectivity index (χ1v) is 18.0. The number of halogens is 2. The van der Waals surface area contributed by atoms with Crippen LogP contribution in [0.3, 0.4) is 0 Å². The minimum absolute atomic E-state index is 0.0160. The molecule has 1 aliphatic rings. The van der Waals surface area contributed by atoms with Crippen LogP contribution in [0.15, 0.2) is 108 Å². The van der Waals surface area contributed by atoms with Crippen molar-refractivity contribution in [2.45, 2.75) is 69.0 Å². The Bertz CT molecular complexity index is 1780. The highest BCUT2D eigenvalue weighted by molar-refractivity contribution is 7.92. The van der Waals surface area contributed by atoms with Crippen molar-refractivity contribution in [1.29, 1.82) is 0 Å². The molecule has 1 aliphatic carbocycles. The molecule has 7 nitrogen and oxygen atoms in total. The van der Waals surface area contributed by atoms with Crippen LogP contribution in [0, 0.1) is 6.92 Å². The molecule has 0 spiro atoms. The van der Waals surface area contributed by atoms with E-state index in [0.29, 0.717) is 15.6 Å². The van der Waals surface area contributed by atoms with E-state index < -0.39 is 28.5 Å². The van der Waals surface area contributed by atoms with Gasteiger partial charge < -0.3 is 10.2 Å². The van der Waals surface area contributed by atoms with Gasteiger partial charge in [0.2, 0.25) is 11.8 Å². The Morgan fingerprint density at radius 3 is 2.15 bits per heavy atom. The Morgan fingerprint density at radius 1 is 0.830 bits per heavy atom. The molecule has 4 aromatic carbocycles. The van der Waals surface area contributed by atoms with Crippen LogP contribution in [-0.2, 0) is 32.6 Å². The third kappa shape index (κ3) is 8.95. The zero-order chi connectivity index (χ0) is 33.4. The van der Waals surface area contributed by atoms with Crippen molar-refractivity contribution in [3.63, 3.8) is 0 Å². The van der Waals surface area contributed by atoms with Gasteiger partial charge in [0.05, 0.1) is 10.6 Å². The molecule has 0 heterocycles. The highest BCUT2D eigenvalue weighted by Crippen LogP contribution is 2.29.